The number of hydrogen-bond acceptors (Lipinski definition) is 1. The van der Waals surface area contributed by atoms with E-state index in [-0.39, 0.29) is 5.91 Å². The van der Waals surface area contributed by atoms with E-state index in [0.29, 0.717) is 6.54 Å². The van der Waals surface area contributed by atoms with Gasteiger partial charge in [0, 0.05) is 13.6 Å². The van der Waals surface area contributed by atoms with Crippen molar-refractivity contribution >= 4 is 32.6 Å². The third-order valence-corrected chi connectivity index (χ3v) is 3.43. The number of carbonyl (C=O) groups excluding carboxylic acids is 1. The van der Waals surface area contributed by atoms with Gasteiger partial charge < -0.3 is 4.90 Å². The number of benzene rings is 2. The summed E-state index contributed by atoms with van der Waals surface area (Å²) in [5, 5.41) is 2.43. The molecule has 0 aliphatic heterocycles. The van der Waals surface area contributed by atoms with E-state index in [9.17, 15) is 4.79 Å². The maximum absolute atomic E-state index is 12.1. The first-order valence-corrected chi connectivity index (χ1v) is 7.09. The Morgan fingerprint density at radius 1 is 1.16 bits per heavy atom. The molecule has 0 radical (unpaired) electrons. The zero-order chi connectivity index (χ0) is 14.0. The van der Waals surface area contributed by atoms with Crippen LogP contribution in [0, 0.1) is 0 Å². The Bertz CT molecular complexity index is 601. The van der Waals surface area contributed by atoms with E-state index in [1.807, 2.05) is 33.0 Å². The molecule has 2 aromatic carbocycles. The van der Waals surface area contributed by atoms with E-state index in [0.717, 1.165) is 5.56 Å². The van der Waals surface area contributed by atoms with Crippen molar-refractivity contribution in [3.63, 3.8) is 0 Å². The number of fused-ring (bicyclic) bond motifs is 1. The molecule has 1 amide bonds. The number of alkyl halides is 1. The Morgan fingerprint density at radius 3 is 2.42 bits per heavy atom. The van der Waals surface area contributed by atoms with Gasteiger partial charge in [0.15, 0.2) is 0 Å². The lowest BCUT2D eigenvalue weighted by atomic mass is 10.1. The molecule has 100 valence electrons. The number of halogens is 1. The maximum atomic E-state index is 12.1. The summed E-state index contributed by atoms with van der Waals surface area (Å²) in [6.07, 6.45) is 0. The topological polar surface area (TPSA) is 20.3 Å². The van der Waals surface area contributed by atoms with Crippen LogP contribution in [-0.2, 0) is 11.3 Å². The summed E-state index contributed by atoms with van der Waals surface area (Å²) in [4.78, 5) is 13.9. The van der Waals surface area contributed by atoms with Crippen LogP contribution in [-0.4, -0.2) is 22.2 Å². The molecule has 2 rings (SSSR count). The van der Waals surface area contributed by atoms with Gasteiger partial charge in [-0.25, -0.2) is 0 Å². The fourth-order valence-electron chi connectivity index (χ4n) is 2.14. The molecule has 0 N–H and O–H groups in total. The van der Waals surface area contributed by atoms with Gasteiger partial charge in [-0.05, 0) is 36.2 Å². The van der Waals surface area contributed by atoms with Crippen molar-refractivity contribution in [2.75, 3.05) is 7.05 Å². The lowest BCUT2D eigenvalue weighted by Gasteiger charge is -2.24. The number of rotatable bonds is 3. The molecule has 19 heavy (non-hydrogen) atoms. The minimum Gasteiger partial charge on any atom is -0.340 e. The second-order valence-corrected chi connectivity index (χ2v) is 7.30. The van der Waals surface area contributed by atoms with E-state index >= 15 is 0 Å². The van der Waals surface area contributed by atoms with Crippen molar-refractivity contribution in [2.45, 2.75) is 24.7 Å². The molecular formula is C16H18BrNO. The standard InChI is InChI=1S/C16H18BrNO/c1-16(2,17)15(19)18(3)11-12-8-9-13-6-4-5-7-14(13)10-12/h4-10H,11H2,1-3H3. The second kappa shape index (κ2) is 5.33. The fraction of sp³-hybridized carbons (Fsp3) is 0.312. The molecule has 0 aliphatic rings. The smallest absolute Gasteiger partial charge is 0.238 e. The highest BCUT2D eigenvalue weighted by Gasteiger charge is 2.26. The molecule has 0 aliphatic carbocycles. The van der Waals surface area contributed by atoms with Gasteiger partial charge in [0.25, 0.3) is 0 Å². The van der Waals surface area contributed by atoms with E-state index in [2.05, 4.69) is 46.3 Å². The first-order chi connectivity index (χ1) is 8.88. The summed E-state index contributed by atoms with van der Waals surface area (Å²) < 4.78 is -0.515. The Kier molecular flexibility index (Phi) is 3.95. The average Bonchev–Trinajstić information content (AvgIpc) is 2.36. The molecule has 0 bridgehead atoms. The van der Waals surface area contributed by atoms with Gasteiger partial charge in [-0.15, -0.1) is 0 Å². The number of carbonyl (C=O) groups is 1. The van der Waals surface area contributed by atoms with Crippen LogP contribution in [0.15, 0.2) is 42.5 Å². The molecule has 2 aromatic rings. The molecule has 0 aromatic heterocycles. The predicted octanol–water partition coefficient (Wildman–Crippen LogP) is 3.97. The second-order valence-electron chi connectivity index (χ2n) is 5.32. The van der Waals surface area contributed by atoms with Crippen LogP contribution >= 0.6 is 15.9 Å². The van der Waals surface area contributed by atoms with E-state index in [1.165, 1.54) is 10.8 Å². The average molecular weight is 320 g/mol. The minimum absolute atomic E-state index is 0.0839. The summed E-state index contributed by atoms with van der Waals surface area (Å²) in [7, 11) is 1.83. The van der Waals surface area contributed by atoms with Crippen LogP contribution < -0.4 is 0 Å². The Balaban J connectivity index is 2.19. The molecule has 0 spiro atoms. The van der Waals surface area contributed by atoms with E-state index < -0.39 is 4.32 Å². The zero-order valence-electron chi connectivity index (χ0n) is 11.5. The summed E-state index contributed by atoms with van der Waals surface area (Å²) >= 11 is 3.41. The Hall–Kier alpha value is -1.35. The quantitative estimate of drug-likeness (QED) is 0.784. The summed E-state index contributed by atoms with van der Waals surface area (Å²) in [6.45, 7) is 4.36. The van der Waals surface area contributed by atoms with Gasteiger partial charge >= 0.3 is 0 Å². The highest BCUT2D eigenvalue weighted by molar-refractivity contribution is 9.10. The fourth-order valence-corrected chi connectivity index (χ4v) is 2.44. The van der Waals surface area contributed by atoms with Gasteiger partial charge in [-0.2, -0.15) is 0 Å². The Morgan fingerprint density at radius 2 is 1.79 bits per heavy atom. The van der Waals surface area contributed by atoms with Crippen LogP contribution in [0.4, 0.5) is 0 Å². The molecule has 0 saturated heterocycles. The highest BCUT2D eigenvalue weighted by Crippen LogP contribution is 2.21. The van der Waals surface area contributed by atoms with Gasteiger partial charge in [0.05, 0.1) is 4.32 Å². The summed E-state index contributed by atoms with van der Waals surface area (Å²) in [5.74, 6) is 0.0839. The van der Waals surface area contributed by atoms with E-state index in [1.54, 1.807) is 4.90 Å². The molecule has 3 heteroatoms. The number of nitrogens with zero attached hydrogens (tertiary/aromatic N) is 1. The minimum atomic E-state index is -0.515. The van der Waals surface area contributed by atoms with Crippen LogP contribution in [0.3, 0.4) is 0 Å². The number of hydrogen-bond donors (Lipinski definition) is 0. The largest absolute Gasteiger partial charge is 0.340 e. The predicted molar refractivity (Wildman–Crippen MR) is 83.4 cm³/mol. The van der Waals surface area contributed by atoms with Gasteiger partial charge in [0.1, 0.15) is 0 Å². The highest BCUT2D eigenvalue weighted by atomic mass is 79.9. The molecule has 2 nitrogen and oxygen atoms in total. The monoisotopic (exact) mass is 319 g/mol. The first-order valence-electron chi connectivity index (χ1n) is 6.30. The lowest BCUT2D eigenvalue weighted by Crippen LogP contribution is -2.38. The third kappa shape index (κ3) is 3.35. The van der Waals surface area contributed by atoms with Gasteiger partial charge in [-0.3, -0.25) is 4.79 Å². The van der Waals surface area contributed by atoms with Crippen LogP contribution in [0.5, 0.6) is 0 Å². The molecule has 0 heterocycles. The van der Waals surface area contributed by atoms with Gasteiger partial charge in [0.2, 0.25) is 5.91 Å². The van der Waals surface area contributed by atoms with Crippen LogP contribution in [0.1, 0.15) is 19.4 Å². The SMILES string of the molecule is CN(Cc1ccc2ccccc2c1)C(=O)C(C)(C)Br. The molecule has 0 atom stereocenters. The maximum Gasteiger partial charge on any atom is 0.238 e. The molecule has 0 fully saturated rings. The van der Waals surface area contributed by atoms with E-state index in [4.69, 9.17) is 0 Å². The molecular weight excluding hydrogens is 302 g/mol. The van der Waals surface area contributed by atoms with Crippen molar-refractivity contribution in [2.24, 2.45) is 0 Å². The summed E-state index contributed by atoms with van der Waals surface area (Å²) in [6, 6.07) is 14.6. The lowest BCUT2D eigenvalue weighted by molar-refractivity contribution is -0.131. The molecule has 0 unspecified atom stereocenters. The number of amides is 1. The first kappa shape index (κ1) is 14.1. The van der Waals surface area contributed by atoms with Crippen molar-refractivity contribution in [3.05, 3.63) is 48.0 Å². The van der Waals surface area contributed by atoms with Gasteiger partial charge in [-0.1, -0.05) is 52.3 Å². The van der Waals surface area contributed by atoms with Crippen molar-refractivity contribution in [1.29, 1.82) is 0 Å². The summed E-state index contributed by atoms with van der Waals surface area (Å²) in [5.41, 5.74) is 1.14. The normalized spacial score (nSPS) is 11.6. The van der Waals surface area contributed by atoms with Crippen LogP contribution in [0.25, 0.3) is 10.8 Å². The Labute approximate surface area is 122 Å². The zero-order valence-corrected chi connectivity index (χ0v) is 13.1. The van der Waals surface area contributed by atoms with Crippen molar-refractivity contribution < 1.29 is 4.79 Å². The third-order valence-electron chi connectivity index (χ3n) is 3.09. The van der Waals surface area contributed by atoms with Crippen LogP contribution in [0.2, 0.25) is 0 Å². The van der Waals surface area contributed by atoms with Crippen molar-refractivity contribution in [3.8, 4) is 0 Å². The molecule has 0 saturated carbocycles. The van der Waals surface area contributed by atoms with Crippen molar-refractivity contribution in [1.82, 2.24) is 4.90 Å².